The molecule has 0 unspecified atom stereocenters. The van der Waals surface area contributed by atoms with Crippen molar-refractivity contribution in [1.29, 1.82) is 0 Å². The van der Waals surface area contributed by atoms with Crippen molar-refractivity contribution in [3.63, 3.8) is 0 Å². The van der Waals surface area contributed by atoms with Gasteiger partial charge in [-0.2, -0.15) is 11.8 Å². The number of thioether (sulfide) groups is 1. The Labute approximate surface area is 165 Å². The molecule has 2 N–H and O–H groups in total. The lowest BCUT2D eigenvalue weighted by molar-refractivity contribution is 0.804. The first-order valence-electron chi connectivity index (χ1n) is 9.31. The average molecular weight is 389 g/mol. The highest BCUT2D eigenvalue weighted by Gasteiger charge is 2.10. The second-order valence-electron chi connectivity index (χ2n) is 6.22. The smallest absolute Gasteiger partial charge is 0.191 e. The Bertz CT molecular complexity index is 662. The summed E-state index contributed by atoms with van der Waals surface area (Å²) in [6.07, 6.45) is 1.03. The highest BCUT2D eigenvalue weighted by Crippen LogP contribution is 2.20. The number of benzene rings is 1. The molecular formula is C20H28N4S2. The predicted octanol–water partition coefficient (Wildman–Crippen LogP) is 3.60. The van der Waals surface area contributed by atoms with Crippen LogP contribution in [0.2, 0.25) is 0 Å². The Morgan fingerprint density at radius 2 is 1.92 bits per heavy atom. The van der Waals surface area contributed by atoms with Gasteiger partial charge in [-0.1, -0.05) is 18.2 Å². The number of aliphatic imine (C=N–C) groups is 1. The summed E-state index contributed by atoms with van der Waals surface area (Å²) < 4.78 is 0. The summed E-state index contributed by atoms with van der Waals surface area (Å²) >= 11 is 3.85. The van der Waals surface area contributed by atoms with Gasteiger partial charge in [0.25, 0.3) is 0 Å². The minimum Gasteiger partial charge on any atom is -0.370 e. The fourth-order valence-electron chi connectivity index (χ4n) is 2.90. The van der Waals surface area contributed by atoms with Crippen molar-refractivity contribution in [1.82, 2.24) is 10.6 Å². The predicted molar refractivity (Wildman–Crippen MR) is 117 cm³/mol. The molecule has 0 bridgehead atoms. The lowest BCUT2D eigenvalue weighted by Gasteiger charge is -2.28. The zero-order valence-corrected chi connectivity index (χ0v) is 17.0. The van der Waals surface area contributed by atoms with Gasteiger partial charge in [0.2, 0.25) is 0 Å². The number of hydrogen-bond donors (Lipinski definition) is 2. The molecule has 1 saturated heterocycles. The van der Waals surface area contributed by atoms with Gasteiger partial charge in [0.05, 0.1) is 6.54 Å². The molecular weight excluding hydrogens is 360 g/mol. The van der Waals surface area contributed by atoms with Gasteiger partial charge in [-0.25, -0.2) is 4.99 Å². The van der Waals surface area contributed by atoms with Crippen LogP contribution in [0.1, 0.15) is 17.4 Å². The summed E-state index contributed by atoms with van der Waals surface area (Å²) in [4.78, 5) is 8.60. The van der Waals surface area contributed by atoms with Crippen LogP contribution in [0, 0.1) is 0 Å². The first-order chi connectivity index (χ1) is 12.8. The molecule has 0 aliphatic carbocycles. The molecule has 1 aliphatic rings. The standard InChI is InChI=1S/C20H28N4S2/c1-2-21-20(22-10-9-19-4-3-13-26-19)23-16-17-5-7-18(8-6-17)24-11-14-25-15-12-24/h3-8,13H,2,9-12,14-16H2,1H3,(H2,21,22,23). The van der Waals surface area contributed by atoms with E-state index in [4.69, 9.17) is 4.99 Å². The van der Waals surface area contributed by atoms with Crippen molar-refractivity contribution in [3.05, 3.63) is 52.2 Å². The van der Waals surface area contributed by atoms with Gasteiger partial charge >= 0.3 is 0 Å². The van der Waals surface area contributed by atoms with Gasteiger partial charge in [-0.15, -0.1) is 11.3 Å². The summed E-state index contributed by atoms with van der Waals surface area (Å²) in [6, 6.07) is 13.2. The molecule has 0 spiro atoms. The van der Waals surface area contributed by atoms with E-state index >= 15 is 0 Å². The van der Waals surface area contributed by atoms with E-state index in [9.17, 15) is 0 Å². The number of hydrogen-bond acceptors (Lipinski definition) is 4. The van der Waals surface area contributed by atoms with Crippen molar-refractivity contribution in [2.24, 2.45) is 4.99 Å². The van der Waals surface area contributed by atoms with Crippen molar-refractivity contribution < 1.29 is 0 Å². The average Bonchev–Trinajstić information content (AvgIpc) is 3.21. The maximum atomic E-state index is 4.73. The van der Waals surface area contributed by atoms with Crippen LogP contribution in [0.3, 0.4) is 0 Å². The van der Waals surface area contributed by atoms with Crippen LogP contribution >= 0.6 is 23.1 Å². The highest BCUT2D eigenvalue weighted by molar-refractivity contribution is 7.99. The Morgan fingerprint density at radius 1 is 1.12 bits per heavy atom. The van der Waals surface area contributed by atoms with Gasteiger partial charge in [0.15, 0.2) is 5.96 Å². The molecule has 1 fully saturated rings. The second kappa shape index (κ2) is 10.5. The van der Waals surface area contributed by atoms with Crippen LogP contribution in [-0.4, -0.2) is 43.6 Å². The summed E-state index contributed by atoms with van der Waals surface area (Å²) in [5.41, 5.74) is 2.58. The third-order valence-corrected chi connectivity index (χ3v) is 6.20. The molecule has 2 heterocycles. The summed E-state index contributed by atoms with van der Waals surface area (Å²) in [6.45, 7) is 6.88. The van der Waals surface area contributed by atoms with Gasteiger partial charge in [0.1, 0.15) is 0 Å². The molecule has 0 amide bonds. The third-order valence-electron chi connectivity index (χ3n) is 4.32. The Balaban J connectivity index is 1.51. The van der Waals surface area contributed by atoms with Gasteiger partial charge in [0, 0.05) is 48.2 Å². The maximum absolute atomic E-state index is 4.73. The molecule has 0 radical (unpaired) electrons. The SMILES string of the molecule is CCNC(=NCc1ccc(N2CCSCC2)cc1)NCCc1cccs1. The number of thiophene rings is 1. The number of nitrogens with one attached hydrogen (secondary N) is 2. The van der Waals surface area contributed by atoms with Crippen LogP contribution in [0.4, 0.5) is 5.69 Å². The van der Waals surface area contributed by atoms with Crippen LogP contribution < -0.4 is 15.5 Å². The van der Waals surface area contributed by atoms with Gasteiger partial charge < -0.3 is 15.5 Å². The van der Waals surface area contributed by atoms with E-state index in [0.717, 1.165) is 38.6 Å². The second-order valence-corrected chi connectivity index (χ2v) is 8.47. The van der Waals surface area contributed by atoms with Crippen molar-refractivity contribution >= 4 is 34.7 Å². The number of guanidine groups is 1. The van der Waals surface area contributed by atoms with E-state index in [1.54, 1.807) is 11.3 Å². The largest absolute Gasteiger partial charge is 0.370 e. The summed E-state index contributed by atoms with van der Waals surface area (Å²) in [7, 11) is 0. The Hall–Kier alpha value is -1.66. The fraction of sp³-hybridized carbons (Fsp3) is 0.450. The number of rotatable bonds is 7. The Morgan fingerprint density at radius 3 is 2.62 bits per heavy atom. The zero-order chi connectivity index (χ0) is 18.0. The third kappa shape index (κ3) is 5.95. The molecule has 1 aromatic heterocycles. The topological polar surface area (TPSA) is 39.7 Å². The molecule has 2 aromatic rings. The van der Waals surface area contributed by atoms with Crippen LogP contribution in [0.15, 0.2) is 46.8 Å². The fourth-order valence-corrected chi connectivity index (χ4v) is 4.52. The van der Waals surface area contributed by atoms with Gasteiger partial charge in [-0.3, -0.25) is 0 Å². The normalized spacial score (nSPS) is 15.1. The molecule has 140 valence electrons. The van der Waals surface area contributed by atoms with E-state index in [-0.39, 0.29) is 0 Å². The molecule has 6 heteroatoms. The first-order valence-corrected chi connectivity index (χ1v) is 11.3. The molecule has 0 atom stereocenters. The van der Waals surface area contributed by atoms with Crippen molar-refractivity contribution in [3.8, 4) is 0 Å². The molecule has 1 aliphatic heterocycles. The minimum absolute atomic E-state index is 0.699. The molecule has 0 saturated carbocycles. The molecule has 1 aromatic carbocycles. The summed E-state index contributed by atoms with van der Waals surface area (Å²) in [5.74, 6) is 3.35. The quantitative estimate of drug-likeness (QED) is 0.562. The zero-order valence-electron chi connectivity index (χ0n) is 15.4. The molecule has 4 nitrogen and oxygen atoms in total. The summed E-state index contributed by atoms with van der Waals surface area (Å²) in [5, 5.41) is 8.88. The van der Waals surface area contributed by atoms with E-state index in [1.807, 2.05) is 11.8 Å². The van der Waals surface area contributed by atoms with Crippen LogP contribution in [-0.2, 0) is 13.0 Å². The van der Waals surface area contributed by atoms with E-state index in [2.05, 4.69) is 64.2 Å². The minimum atomic E-state index is 0.699. The van der Waals surface area contributed by atoms with E-state index < -0.39 is 0 Å². The Kier molecular flexibility index (Phi) is 7.70. The van der Waals surface area contributed by atoms with E-state index in [1.165, 1.54) is 27.6 Å². The molecule has 3 rings (SSSR count). The van der Waals surface area contributed by atoms with E-state index in [0.29, 0.717) is 6.54 Å². The lowest BCUT2D eigenvalue weighted by atomic mass is 10.2. The van der Waals surface area contributed by atoms with Crippen molar-refractivity contribution in [2.75, 3.05) is 42.6 Å². The maximum Gasteiger partial charge on any atom is 0.191 e. The number of nitrogens with zero attached hydrogens (tertiary/aromatic N) is 2. The highest BCUT2D eigenvalue weighted by atomic mass is 32.2. The first kappa shape index (κ1) is 19.1. The number of anilines is 1. The van der Waals surface area contributed by atoms with Crippen LogP contribution in [0.5, 0.6) is 0 Å². The van der Waals surface area contributed by atoms with Crippen LogP contribution in [0.25, 0.3) is 0 Å². The van der Waals surface area contributed by atoms with Crippen molar-refractivity contribution in [2.45, 2.75) is 19.9 Å². The monoisotopic (exact) mass is 388 g/mol. The van der Waals surface area contributed by atoms with Gasteiger partial charge in [-0.05, 0) is 42.5 Å². The lowest BCUT2D eigenvalue weighted by Crippen LogP contribution is -2.38. The molecule has 26 heavy (non-hydrogen) atoms.